The fourth-order valence-corrected chi connectivity index (χ4v) is 7.31. The second-order valence-electron chi connectivity index (χ2n) is 13.1. The number of hydrogen-bond acceptors (Lipinski definition) is 6. The molecule has 0 spiro atoms. The minimum absolute atomic E-state index is 0.325. The standard InChI is InChI=1S/C45H33Br3N6O3/c1-52(43(55)31-13-16-40(49-25-31)28-7-4-10-34(46)19-28)37-22-38(53(2)44(56)32-14-17-41(50-26-32)29-8-5-11-35(47)20-29)24-39(23-37)54(3)45(57)33-15-18-42(51-27-33)30-9-6-12-36(48)21-30/h4-27H,1-3H3. The van der Waals surface area contributed by atoms with Gasteiger partial charge in [0.25, 0.3) is 17.7 Å². The Morgan fingerprint density at radius 1 is 0.404 bits per heavy atom. The molecule has 0 fully saturated rings. The molecular weight excluding hydrogens is 912 g/mol. The van der Waals surface area contributed by atoms with Gasteiger partial charge in [-0.1, -0.05) is 84.2 Å². The quantitative estimate of drug-likeness (QED) is 0.143. The van der Waals surface area contributed by atoms with E-state index in [0.29, 0.717) is 33.8 Å². The fourth-order valence-electron chi connectivity index (χ4n) is 6.11. The van der Waals surface area contributed by atoms with Gasteiger partial charge in [0.15, 0.2) is 0 Å². The van der Waals surface area contributed by atoms with Crippen molar-refractivity contribution in [2.75, 3.05) is 35.8 Å². The second kappa shape index (κ2) is 17.1. The van der Waals surface area contributed by atoms with E-state index < -0.39 is 0 Å². The van der Waals surface area contributed by atoms with Crippen molar-refractivity contribution in [2.45, 2.75) is 0 Å². The molecule has 0 unspecified atom stereocenters. The van der Waals surface area contributed by atoms with Crippen LogP contribution in [0.2, 0.25) is 0 Å². The van der Waals surface area contributed by atoms with Gasteiger partial charge in [0.2, 0.25) is 0 Å². The molecule has 3 amide bonds. The molecule has 0 atom stereocenters. The molecule has 0 aliphatic rings. The molecule has 282 valence electrons. The average molecular weight is 946 g/mol. The first kappa shape index (κ1) is 39.4. The molecule has 3 aromatic heterocycles. The van der Waals surface area contributed by atoms with Gasteiger partial charge in [-0.15, -0.1) is 0 Å². The number of halogens is 3. The summed E-state index contributed by atoms with van der Waals surface area (Å²) in [5.74, 6) is -0.975. The fraction of sp³-hybridized carbons (Fsp3) is 0.0667. The highest BCUT2D eigenvalue weighted by Gasteiger charge is 2.23. The Hall–Kier alpha value is -5.82. The summed E-state index contributed by atoms with van der Waals surface area (Å²) < 4.78 is 2.77. The molecule has 0 bridgehead atoms. The lowest BCUT2D eigenvalue weighted by Crippen LogP contribution is -2.31. The van der Waals surface area contributed by atoms with Crippen LogP contribution < -0.4 is 14.7 Å². The number of rotatable bonds is 9. The zero-order chi connectivity index (χ0) is 40.2. The lowest BCUT2D eigenvalue weighted by Gasteiger charge is -2.26. The van der Waals surface area contributed by atoms with Crippen LogP contribution in [0.15, 0.2) is 159 Å². The van der Waals surface area contributed by atoms with Crippen LogP contribution >= 0.6 is 47.8 Å². The summed E-state index contributed by atoms with van der Waals surface area (Å²) in [7, 11) is 4.94. The Morgan fingerprint density at radius 3 is 0.912 bits per heavy atom. The van der Waals surface area contributed by atoms with Crippen molar-refractivity contribution in [3.63, 3.8) is 0 Å². The summed E-state index contributed by atoms with van der Waals surface area (Å²) >= 11 is 10.5. The zero-order valence-electron chi connectivity index (χ0n) is 30.9. The van der Waals surface area contributed by atoms with Crippen LogP contribution in [0.25, 0.3) is 33.8 Å². The van der Waals surface area contributed by atoms with Crippen LogP contribution in [-0.2, 0) is 0 Å². The van der Waals surface area contributed by atoms with Gasteiger partial charge in [-0.25, -0.2) is 0 Å². The van der Waals surface area contributed by atoms with Gasteiger partial charge in [0.05, 0.1) is 33.8 Å². The predicted octanol–water partition coefficient (Wildman–Crippen LogP) is 11.0. The highest BCUT2D eigenvalue weighted by Crippen LogP contribution is 2.32. The molecule has 0 saturated carbocycles. The van der Waals surface area contributed by atoms with E-state index in [1.54, 1.807) is 94.3 Å². The summed E-state index contributed by atoms with van der Waals surface area (Å²) in [6.45, 7) is 0. The lowest BCUT2D eigenvalue weighted by atomic mass is 10.1. The minimum atomic E-state index is -0.325. The summed E-state index contributed by atoms with van der Waals surface area (Å²) in [6.07, 6.45) is 4.63. The van der Waals surface area contributed by atoms with Gasteiger partial charge < -0.3 is 14.7 Å². The van der Waals surface area contributed by atoms with Crippen molar-refractivity contribution in [3.05, 3.63) is 176 Å². The molecule has 57 heavy (non-hydrogen) atoms. The van der Waals surface area contributed by atoms with E-state index in [1.165, 1.54) is 14.7 Å². The number of benzene rings is 4. The van der Waals surface area contributed by atoms with E-state index in [0.717, 1.165) is 47.2 Å². The third-order valence-electron chi connectivity index (χ3n) is 9.36. The second-order valence-corrected chi connectivity index (χ2v) is 15.9. The third-order valence-corrected chi connectivity index (χ3v) is 10.8. The number of aromatic nitrogens is 3. The Morgan fingerprint density at radius 2 is 0.684 bits per heavy atom. The van der Waals surface area contributed by atoms with E-state index in [2.05, 4.69) is 62.7 Å². The van der Waals surface area contributed by atoms with E-state index in [-0.39, 0.29) is 17.7 Å². The summed E-state index contributed by atoms with van der Waals surface area (Å²) in [6, 6.07) is 39.1. The maximum atomic E-state index is 14.0. The van der Waals surface area contributed by atoms with Crippen LogP contribution in [0.4, 0.5) is 17.1 Å². The van der Waals surface area contributed by atoms with Gasteiger partial charge >= 0.3 is 0 Å². The molecule has 0 N–H and O–H groups in total. The van der Waals surface area contributed by atoms with E-state index in [4.69, 9.17) is 0 Å². The van der Waals surface area contributed by atoms with Crippen LogP contribution in [0, 0.1) is 0 Å². The molecule has 3 heterocycles. The molecule has 7 aromatic rings. The van der Waals surface area contributed by atoms with Crippen molar-refractivity contribution in [1.82, 2.24) is 15.0 Å². The van der Waals surface area contributed by atoms with E-state index in [1.807, 2.05) is 72.8 Å². The monoisotopic (exact) mass is 942 g/mol. The SMILES string of the molecule is CN(C(=O)c1ccc(-c2cccc(Br)c2)nc1)c1cc(N(C)C(=O)c2ccc(-c3cccc(Br)c3)nc2)cc(N(C)C(=O)c2ccc(-c3cccc(Br)c3)nc2)c1. The van der Waals surface area contributed by atoms with Gasteiger partial charge in [-0.05, 0) is 91.0 Å². The van der Waals surface area contributed by atoms with Crippen LogP contribution in [0.1, 0.15) is 31.1 Å². The van der Waals surface area contributed by atoms with E-state index in [9.17, 15) is 14.4 Å². The van der Waals surface area contributed by atoms with Crippen molar-refractivity contribution in [2.24, 2.45) is 0 Å². The molecule has 0 aliphatic carbocycles. The number of pyridine rings is 3. The van der Waals surface area contributed by atoms with Gasteiger partial charge in [-0.3, -0.25) is 29.3 Å². The number of carbonyl (C=O) groups excluding carboxylic acids is 3. The van der Waals surface area contributed by atoms with Crippen LogP contribution in [0.3, 0.4) is 0 Å². The van der Waals surface area contributed by atoms with Crippen molar-refractivity contribution in [1.29, 1.82) is 0 Å². The molecule has 7 rings (SSSR count). The van der Waals surface area contributed by atoms with Gasteiger partial charge in [0, 0.05) is 86.9 Å². The third kappa shape index (κ3) is 8.93. The maximum absolute atomic E-state index is 14.0. The number of nitrogens with zero attached hydrogens (tertiary/aromatic N) is 6. The smallest absolute Gasteiger partial charge is 0.259 e. The number of amides is 3. The molecule has 0 radical (unpaired) electrons. The largest absolute Gasteiger partial charge is 0.311 e. The van der Waals surface area contributed by atoms with Crippen LogP contribution in [-0.4, -0.2) is 53.8 Å². The van der Waals surface area contributed by atoms with Gasteiger partial charge in [-0.2, -0.15) is 0 Å². The normalized spacial score (nSPS) is 10.8. The first-order valence-corrected chi connectivity index (χ1v) is 20.0. The van der Waals surface area contributed by atoms with Crippen molar-refractivity contribution < 1.29 is 14.4 Å². The molecule has 12 heteroatoms. The molecule has 0 saturated heterocycles. The Balaban J connectivity index is 1.20. The topological polar surface area (TPSA) is 99.6 Å². The maximum Gasteiger partial charge on any atom is 0.259 e. The molecular formula is C45H33Br3N6O3. The summed E-state index contributed by atoms with van der Waals surface area (Å²) in [5, 5.41) is 0. The Labute approximate surface area is 355 Å². The number of hydrogen-bond donors (Lipinski definition) is 0. The summed E-state index contributed by atoms with van der Waals surface area (Å²) in [5.41, 5.74) is 7.34. The Bertz CT molecular complexity index is 2320. The minimum Gasteiger partial charge on any atom is -0.311 e. The average Bonchev–Trinajstić information content (AvgIpc) is 3.25. The lowest BCUT2D eigenvalue weighted by molar-refractivity contribution is 0.0986. The summed E-state index contributed by atoms with van der Waals surface area (Å²) in [4.78, 5) is 60.0. The Kier molecular flexibility index (Phi) is 11.8. The molecule has 9 nitrogen and oxygen atoms in total. The highest BCUT2D eigenvalue weighted by molar-refractivity contribution is 9.11. The molecule has 4 aromatic carbocycles. The van der Waals surface area contributed by atoms with Gasteiger partial charge in [0.1, 0.15) is 0 Å². The number of anilines is 3. The highest BCUT2D eigenvalue weighted by atomic mass is 79.9. The first-order chi connectivity index (χ1) is 27.4. The molecule has 0 aliphatic heterocycles. The zero-order valence-corrected chi connectivity index (χ0v) is 35.7. The van der Waals surface area contributed by atoms with E-state index >= 15 is 0 Å². The first-order valence-electron chi connectivity index (χ1n) is 17.6. The van der Waals surface area contributed by atoms with Crippen molar-refractivity contribution >= 4 is 82.6 Å². The predicted molar refractivity (Wildman–Crippen MR) is 237 cm³/mol. The van der Waals surface area contributed by atoms with Crippen LogP contribution in [0.5, 0.6) is 0 Å². The van der Waals surface area contributed by atoms with Crippen molar-refractivity contribution in [3.8, 4) is 33.8 Å². The number of carbonyl (C=O) groups is 3.